The number of carbonyl (C=O) groups excluding carboxylic acids is 2. The van der Waals surface area contributed by atoms with Gasteiger partial charge >= 0.3 is 11.8 Å². The Morgan fingerprint density at radius 1 is 0.985 bits per heavy atom. The standard InChI is InChI=1S/C51H64N4O12S/c1-24(2)23-54-16-18-55(19-17-54)32-21-34-39(35(68)22-32)52-40-36-37-44(59)30(8)47-38(36)49(61)51(10,67-47)64-20-15-33(63-11)27(5)46(65-31(9)56)29(7)43(58)28(6)42(57)25(3)13-12-14-26(4)50(62)53-41(45(37)60)48(40)66-34/h12-15,20-22,24-25,27-29,33,42-43,46,57-59,61H,16-19,23H2,1-11H3,(H,53,62)/b13-12+,20-15+,26-14-/t25-,27+,28+,29+,33-,42-,43+,46+,51-/m0/s1. The lowest BCUT2D eigenvalue weighted by Gasteiger charge is -2.38. The van der Waals surface area contributed by atoms with Crippen molar-refractivity contribution < 1.29 is 53.4 Å². The molecule has 7 rings (SSSR count). The zero-order chi connectivity index (χ0) is 49.7. The normalized spacial score (nSPS) is 29.5. The second-order valence-electron chi connectivity index (χ2n) is 19.2. The van der Waals surface area contributed by atoms with Crippen molar-refractivity contribution in [1.82, 2.24) is 9.88 Å². The van der Waals surface area contributed by atoms with Gasteiger partial charge in [-0.05, 0) is 31.9 Å². The predicted octanol–water partition coefficient (Wildman–Crippen LogP) is 6.71. The number of anilines is 2. The number of hydrogen-bond acceptors (Lipinski definition) is 16. The second-order valence-corrected chi connectivity index (χ2v) is 19.7. The number of aromatic hydroxyl groups is 1. The van der Waals surface area contributed by atoms with E-state index in [1.807, 2.05) is 12.1 Å². The molecular weight excluding hydrogens is 893 g/mol. The van der Waals surface area contributed by atoms with Gasteiger partial charge in [-0.3, -0.25) is 19.3 Å². The maximum absolute atomic E-state index is 14.9. The molecule has 16 nitrogen and oxygen atoms in total. The summed E-state index contributed by atoms with van der Waals surface area (Å²) in [7, 11) is 1.46. The van der Waals surface area contributed by atoms with Gasteiger partial charge in [0.1, 0.15) is 34.3 Å². The first-order chi connectivity index (χ1) is 32.1. The number of esters is 1. The quantitative estimate of drug-likeness (QED) is 0.0609. The number of hydrogen-bond donors (Lipinski definition) is 5. The van der Waals surface area contributed by atoms with Crippen molar-refractivity contribution in [3.05, 3.63) is 73.8 Å². The van der Waals surface area contributed by atoms with Crippen molar-refractivity contribution in [2.75, 3.05) is 50.1 Å². The molecule has 3 aliphatic rings. The Hall–Kier alpha value is -5.59. The van der Waals surface area contributed by atoms with E-state index in [4.69, 9.17) is 40.6 Å². The summed E-state index contributed by atoms with van der Waals surface area (Å²) in [6.45, 7) is 21.4. The average Bonchev–Trinajstić information content (AvgIpc) is 3.56. The highest BCUT2D eigenvalue weighted by molar-refractivity contribution is 7.71. The number of nitrogens with one attached hydrogen (secondary N) is 1. The number of methoxy groups -OCH3 is 1. The van der Waals surface area contributed by atoms with E-state index in [1.165, 1.54) is 40.2 Å². The van der Waals surface area contributed by atoms with Crippen LogP contribution in [0.4, 0.5) is 11.4 Å². The maximum atomic E-state index is 14.9. The Bertz CT molecular complexity index is 2910. The highest BCUT2D eigenvalue weighted by atomic mass is 32.1. The molecule has 4 bridgehead atoms. The fourth-order valence-corrected chi connectivity index (χ4v) is 10.0. The van der Waals surface area contributed by atoms with Crippen molar-refractivity contribution in [2.24, 2.45) is 29.6 Å². The SMILES string of the molecule is CO[C@H]1/C=C/O[C@@]2(C)Oc3c(C)c(O)c4c(=O)c(c5oc6cc(N7CCN(CC(C)C)CC7)cc(=S)c6nc5c4c3=C2O)NC(=O)/C(C)=C\C=C\[C@H](C)[C@H](O)[C@@H](C)[C@@H](O)[C@@H](C)[C@H](OC(C)=O)[C@@H]1C. The second kappa shape index (κ2) is 19.8. The minimum atomic E-state index is -1.94. The van der Waals surface area contributed by atoms with Crippen LogP contribution in [0.15, 0.2) is 57.5 Å². The largest absolute Gasteiger partial charge is 0.507 e. The van der Waals surface area contributed by atoms with E-state index in [1.54, 1.807) is 52.8 Å². The van der Waals surface area contributed by atoms with Crippen LogP contribution in [0.2, 0.25) is 0 Å². The van der Waals surface area contributed by atoms with Gasteiger partial charge in [-0.25, -0.2) is 4.98 Å². The summed E-state index contributed by atoms with van der Waals surface area (Å²) in [6, 6.07) is 3.66. The maximum Gasteiger partial charge on any atom is 0.307 e. The molecule has 3 aromatic carbocycles. The van der Waals surface area contributed by atoms with Gasteiger partial charge in [0.05, 0.1) is 39.7 Å². The molecule has 4 heterocycles. The number of aromatic nitrogens is 1. The van der Waals surface area contributed by atoms with E-state index in [9.17, 15) is 34.8 Å². The molecular formula is C51H64N4O12S. The fourth-order valence-electron chi connectivity index (χ4n) is 9.76. The van der Waals surface area contributed by atoms with E-state index in [0.29, 0.717) is 10.4 Å². The van der Waals surface area contributed by atoms with Crippen molar-refractivity contribution in [3.8, 4) is 11.5 Å². The molecule has 0 saturated carbocycles. The third-order valence-electron chi connectivity index (χ3n) is 13.8. The van der Waals surface area contributed by atoms with Crippen LogP contribution in [-0.4, -0.2) is 112 Å². The highest BCUT2D eigenvalue weighted by Gasteiger charge is 2.44. The molecule has 0 radical (unpaired) electrons. The van der Waals surface area contributed by atoms with Crippen LogP contribution in [0.3, 0.4) is 0 Å². The van der Waals surface area contributed by atoms with Crippen LogP contribution >= 0.6 is 12.2 Å². The first-order valence-electron chi connectivity index (χ1n) is 23.2. The minimum Gasteiger partial charge on any atom is -0.507 e. The molecule has 4 aromatic rings. The molecule has 0 aliphatic carbocycles. The lowest BCUT2D eigenvalue weighted by molar-refractivity contribution is -0.160. The average molecular weight is 957 g/mol. The first-order valence-corrected chi connectivity index (χ1v) is 23.6. The first kappa shape index (κ1) is 50.3. The van der Waals surface area contributed by atoms with E-state index >= 15 is 0 Å². The molecule has 0 unspecified atom stereocenters. The Morgan fingerprint density at radius 3 is 2.32 bits per heavy atom. The van der Waals surface area contributed by atoms with Crippen LogP contribution in [0, 0.1) is 41.0 Å². The smallest absolute Gasteiger partial charge is 0.307 e. The molecule has 1 fully saturated rings. The number of aliphatic hydroxyl groups excluding tert-OH is 3. The zero-order valence-electron chi connectivity index (χ0n) is 40.6. The molecule has 68 heavy (non-hydrogen) atoms. The number of ether oxygens (including phenoxy) is 4. The Morgan fingerprint density at radius 2 is 1.68 bits per heavy atom. The Kier molecular flexibility index (Phi) is 14.6. The number of rotatable bonds is 5. The van der Waals surface area contributed by atoms with Gasteiger partial charge in [-0.15, -0.1) is 0 Å². The summed E-state index contributed by atoms with van der Waals surface area (Å²) in [4.78, 5) is 51.1. The third-order valence-corrected chi connectivity index (χ3v) is 14.1. The molecule has 1 aromatic heterocycles. The van der Waals surface area contributed by atoms with Crippen LogP contribution in [0.25, 0.3) is 38.7 Å². The molecule has 9 atom stereocenters. The number of piperazine rings is 1. The lowest BCUT2D eigenvalue weighted by atomic mass is 9.78. The van der Waals surface area contributed by atoms with E-state index in [2.05, 4.69) is 29.0 Å². The molecule has 5 N–H and O–H groups in total. The van der Waals surface area contributed by atoms with Crippen LogP contribution in [-0.2, 0) is 23.8 Å². The number of carbonyl (C=O) groups is 2. The van der Waals surface area contributed by atoms with E-state index in [-0.39, 0.29) is 60.8 Å². The van der Waals surface area contributed by atoms with Crippen LogP contribution < -0.4 is 25.6 Å². The fraction of sp³-hybridized carbons (Fsp3) is 0.510. The number of allylic oxidation sites excluding steroid dienone is 2. The van der Waals surface area contributed by atoms with Gasteiger partial charge in [0, 0.05) is 106 Å². The molecule has 366 valence electrons. The summed E-state index contributed by atoms with van der Waals surface area (Å²) >= 11 is 5.96. The Labute approximate surface area is 400 Å². The predicted molar refractivity (Wildman–Crippen MR) is 263 cm³/mol. The number of benzene rings is 3. The minimum absolute atomic E-state index is 0.000878. The molecule has 1 saturated heterocycles. The van der Waals surface area contributed by atoms with Gasteiger partial charge in [0.2, 0.25) is 5.43 Å². The molecule has 1 amide bonds. The number of aliphatic hydroxyl groups is 3. The third kappa shape index (κ3) is 9.42. The van der Waals surface area contributed by atoms with Crippen molar-refractivity contribution in [2.45, 2.75) is 99.4 Å². The summed E-state index contributed by atoms with van der Waals surface area (Å²) < 4.78 is 31.1. The van der Waals surface area contributed by atoms with Crippen molar-refractivity contribution in [1.29, 1.82) is 0 Å². The van der Waals surface area contributed by atoms with Crippen molar-refractivity contribution in [3.63, 3.8) is 0 Å². The molecule has 3 aliphatic heterocycles. The topological polar surface area (TPSA) is 214 Å². The van der Waals surface area contributed by atoms with Gasteiger partial charge in [-0.1, -0.05) is 72.0 Å². The summed E-state index contributed by atoms with van der Waals surface area (Å²) in [5.74, 6) is -6.08. The highest BCUT2D eigenvalue weighted by Crippen LogP contribution is 2.43. The number of phenolic OH excluding ortho intramolecular Hbond substituents is 1. The van der Waals surface area contributed by atoms with Gasteiger partial charge in [0.15, 0.2) is 16.9 Å². The van der Waals surface area contributed by atoms with E-state index in [0.717, 1.165) is 38.4 Å². The van der Waals surface area contributed by atoms with Crippen molar-refractivity contribution >= 4 is 74.2 Å². The van der Waals surface area contributed by atoms with Crippen LogP contribution in [0.5, 0.6) is 11.5 Å². The summed E-state index contributed by atoms with van der Waals surface area (Å²) in [5.41, 5.74) is 0.336. The van der Waals surface area contributed by atoms with Gasteiger partial charge in [-0.2, -0.15) is 0 Å². The van der Waals surface area contributed by atoms with Crippen LogP contribution in [0.1, 0.15) is 67.9 Å². The van der Waals surface area contributed by atoms with E-state index < -0.39 is 82.7 Å². The summed E-state index contributed by atoms with van der Waals surface area (Å²) in [5, 5.41) is 49.7. The number of phenols is 1. The number of nitrogens with zero attached hydrogens (tertiary/aromatic N) is 3. The monoisotopic (exact) mass is 956 g/mol. The number of fused-ring (bicyclic) bond motifs is 2. The number of amides is 1. The molecule has 17 heteroatoms. The molecule has 0 spiro atoms. The Balaban J connectivity index is 1.46. The summed E-state index contributed by atoms with van der Waals surface area (Å²) in [6.07, 6.45) is 3.75. The lowest BCUT2D eigenvalue weighted by Crippen LogP contribution is -2.47. The van der Waals surface area contributed by atoms with Gasteiger partial charge < -0.3 is 54.0 Å². The zero-order valence-corrected chi connectivity index (χ0v) is 41.4. The van der Waals surface area contributed by atoms with Gasteiger partial charge in [0.25, 0.3) is 5.91 Å².